The van der Waals surface area contributed by atoms with Crippen molar-refractivity contribution in [3.8, 4) is 0 Å². The van der Waals surface area contributed by atoms with Crippen LogP contribution in [0, 0.1) is 0 Å². The molecule has 0 unspecified atom stereocenters. The van der Waals surface area contributed by atoms with Gasteiger partial charge in [0.05, 0.1) is 0 Å². The van der Waals surface area contributed by atoms with Crippen LogP contribution in [0.3, 0.4) is 0 Å². The Bertz CT molecular complexity index is 271. The fraction of sp³-hybridized carbons (Fsp3) is 1.00. The number of aliphatic hydroxyl groups is 2. The van der Waals surface area contributed by atoms with Gasteiger partial charge in [0.1, 0.15) is 0 Å². The molecule has 0 aliphatic carbocycles. The molecule has 2 atom stereocenters. The number of piperazine rings is 1. The van der Waals surface area contributed by atoms with Crippen LogP contribution in [-0.4, -0.2) is 83.8 Å². The summed E-state index contributed by atoms with van der Waals surface area (Å²) in [7, 11) is 0. The number of halogens is 6. The van der Waals surface area contributed by atoms with Gasteiger partial charge in [-0.3, -0.25) is 9.80 Å². The molecule has 1 saturated heterocycles. The number of rotatable bonds is 4. The van der Waals surface area contributed by atoms with E-state index in [2.05, 4.69) is 0 Å². The number of hydrogen-bond donors (Lipinski definition) is 2. The molecule has 2 N–H and O–H groups in total. The molecule has 0 aromatic carbocycles. The van der Waals surface area contributed by atoms with Gasteiger partial charge in [-0.25, -0.2) is 0 Å². The number of alkyl halides is 6. The van der Waals surface area contributed by atoms with Crippen LogP contribution in [0.2, 0.25) is 0 Å². The molecule has 0 radical (unpaired) electrons. The number of hydrogen-bond acceptors (Lipinski definition) is 4. The predicted octanol–water partition coefficient (Wildman–Crippen LogP) is 0.450. The van der Waals surface area contributed by atoms with Gasteiger partial charge in [0.25, 0.3) is 0 Å². The van der Waals surface area contributed by atoms with Crippen molar-refractivity contribution >= 4 is 0 Å². The van der Waals surface area contributed by atoms with Crippen molar-refractivity contribution in [3.63, 3.8) is 0 Å². The maximum atomic E-state index is 12.1. The van der Waals surface area contributed by atoms with Crippen LogP contribution >= 0.6 is 0 Å². The van der Waals surface area contributed by atoms with Gasteiger partial charge in [0.2, 0.25) is 0 Å². The van der Waals surface area contributed by atoms with Crippen molar-refractivity contribution in [1.82, 2.24) is 9.80 Å². The molecule has 0 bridgehead atoms. The number of aliphatic hydroxyl groups excluding tert-OH is 2. The third-order valence-electron chi connectivity index (χ3n) is 3.08. The lowest BCUT2D eigenvalue weighted by molar-refractivity contribution is -0.213. The van der Waals surface area contributed by atoms with Gasteiger partial charge in [-0.1, -0.05) is 0 Å². The zero-order valence-corrected chi connectivity index (χ0v) is 10.5. The van der Waals surface area contributed by atoms with Crippen molar-refractivity contribution < 1.29 is 36.6 Å². The number of β-amino-alcohol motifs (C(OH)–C–C–N with tert-alkyl or cyclic N) is 2. The minimum absolute atomic E-state index is 0.109. The summed E-state index contributed by atoms with van der Waals surface area (Å²) in [5, 5.41) is 17.8. The Morgan fingerprint density at radius 3 is 1.15 bits per heavy atom. The van der Waals surface area contributed by atoms with Crippen molar-refractivity contribution in [1.29, 1.82) is 0 Å². The highest BCUT2D eigenvalue weighted by atomic mass is 19.4. The molecule has 0 aromatic heterocycles. The molecule has 4 nitrogen and oxygen atoms in total. The normalized spacial score (nSPS) is 22.8. The first-order valence-corrected chi connectivity index (χ1v) is 5.94. The smallest absolute Gasteiger partial charge is 0.382 e. The molecule has 120 valence electrons. The number of nitrogens with zero attached hydrogens (tertiary/aromatic N) is 2. The zero-order chi connectivity index (χ0) is 15.6. The summed E-state index contributed by atoms with van der Waals surface area (Å²) < 4.78 is 72.8. The van der Waals surface area contributed by atoms with E-state index in [-0.39, 0.29) is 26.2 Å². The van der Waals surface area contributed by atoms with E-state index in [0.717, 1.165) is 0 Å². The minimum atomic E-state index is -4.70. The first-order valence-electron chi connectivity index (χ1n) is 5.94. The van der Waals surface area contributed by atoms with Gasteiger partial charge in [0, 0.05) is 39.3 Å². The Kier molecular flexibility index (Phi) is 5.64. The van der Waals surface area contributed by atoms with Gasteiger partial charge in [-0.2, -0.15) is 26.3 Å². The van der Waals surface area contributed by atoms with Crippen LogP contribution in [0.5, 0.6) is 0 Å². The maximum absolute atomic E-state index is 12.1. The van der Waals surface area contributed by atoms with Gasteiger partial charge in [-0.05, 0) is 0 Å². The SMILES string of the molecule is O[C@H](CN1CCN(C[C@@H](O)C(F)(F)F)CC1)C(F)(F)F. The van der Waals surface area contributed by atoms with Crippen LogP contribution in [0.15, 0.2) is 0 Å². The summed E-state index contributed by atoms with van der Waals surface area (Å²) >= 11 is 0. The van der Waals surface area contributed by atoms with Crippen LogP contribution < -0.4 is 0 Å². The van der Waals surface area contributed by atoms with Gasteiger partial charge < -0.3 is 10.2 Å². The van der Waals surface area contributed by atoms with Gasteiger partial charge in [0.15, 0.2) is 12.2 Å². The van der Waals surface area contributed by atoms with E-state index in [0.29, 0.717) is 0 Å². The Morgan fingerprint density at radius 2 is 0.950 bits per heavy atom. The summed E-state index contributed by atoms with van der Waals surface area (Å²) in [5.74, 6) is 0. The molecule has 1 rings (SSSR count). The zero-order valence-electron chi connectivity index (χ0n) is 10.5. The molecule has 1 aliphatic heterocycles. The second-order valence-corrected chi connectivity index (χ2v) is 4.72. The summed E-state index contributed by atoms with van der Waals surface area (Å²) in [6.07, 6.45) is -14.3. The van der Waals surface area contributed by atoms with Gasteiger partial charge >= 0.3 is 12.4 Å². The topological polar surface area (TPSA) is 46.9 Å². The average molecular weight is 310 g/mol. The van der Waals surface area contributed by atoms with Crippen molar-refractivity contribution in [2.45, 2.75) is 24.6 Å². The second kappa shape index (κ2) is 6.46. The largest absolute Gasteiger partial charge is 0.415 e. The van der Waals surface area contributed by atoms with Crippen molar-refractivity contribution in [2.24, 2.45) is 0 Å². The standard InChI is InChI=1S/C10H16F6N2O2/c11-9(12,13)7(19)5-17-1-2-18(4-3-17)6-8(20)10(14,15)16/h7-8,19-20H,1-6H2/t7-,8-/m1/s1. The van der Waals surface area contributed by atoms with E-state index in [1.807, 2.05) is 0 Å². The Hall–Kier alpha value is -0.580. The van der Waals surface area contributed by atoms with Crippen LogP contribution in [-0.2, 0) is 0 Å². The summed E-state index contributed by atoms with van der Waals surface area (Å²) in [5.41, 5.74) is 0. The molecule has 1 fully saturated rings. The third kappa shape index (κ3) is 5.43. The molecular formula is C10H16F6N2O2. The molecule has 0 aromatic rings. The summed E-state index contributed by atoms with van der Waals surface area (Å²) in [6.45, 7) is -0.761. The summed E-state index contributed by atoms with van der Waals surface area (Å²) in [4.78, 5) is 2.66. The highest BCUT2D eigenvalue weighted by Gasteiger charge is 2.41. The molecule has 1 aliphatic rings. The van der Waals surface area contributed by atoms with Crippen LogP contribution in [0.4, 0.5) is 26.3 Å². The molecule has 1 heterocycles. The van der Waals surface area contributed by atoms with E-state index >= 15 is 0 Å². The van der Waals surface area contributed by atoms with E-state index in [1.54, 1.807) is 0 Å². The Balaban J connectivity index is 2.34. The van der Waals surface area contributed by atoms with Crippen molar-refractivity contribution in [3.05, 3.63) is 0 Å². The highest BCUT2D eigenvalue weighted by Crippen LogP contribution is 2.22. The predicted molar refractivity (Wildman–Crippen MR) is 57.0 cm³/mol. The first-order chi connectivity index (χ1) is 9.00. The fourth-order valence-corrected chi connectivity index (χ4v) is 1.85. The Morgan fingerprint density at radius 1 is 0.700 bits per heavy atom. The minimum Gasteiger partial charge on any atom is -0.382 e. The van der Waals surface area contributed by atoms with E-state index in [9.17, 15) is 26.3 Å². The second-order valence-electron chi connectivity index (χ2n) is 4.72. The molecule has 0 amide bonds. The molecule has 10 heteroatoms. The average Bonchev–Trinajstić information content (AvgIpc) is 2.29. The van der Waals surface area contributed by atoms with Crippen LogP contribution in [0.25, 0.3) is 0 Å². The van der Waals surface area contributed by atoms with Crippen LogP contribution in [0.1, 0.15) is 0 Å². The lowest BCUT2D eigenvalue weighted by Crippen LogP contribution is -2.53. The van der Waals surface area contributed by atoms with E-state index in [1.165, 1.54) is 9.80 Å². The van der Waals surface area contributed by atoms with Crippen molar-refractivity contribution in [2.75, 3.05) is 39.3 Å². The molecule has 20 heavy (non-hydrogen) atoms. The Labute approximate surface area is 111 Å². The highest BCUT2D eigenvalue weighted by molar-refractivity contribution is 4.79. The van der Waals surface area contributed by atoms with Gasteiger partial charge in [-0.15, -0.1) is 0 Å². The first kappa shape index (κ1) is 17.5. The lowest BCUT2D eigenvalue weighted by atomic mass is 10.2. The monoisotopic (exact) mass is 310 g/mol. The maximum Gasteiger partial charge on any atom is 0.415 e. The lowest BCUT2D eigenvalue weighted by Gasteiger charge is -2.36. The quantitative estimate of drug-likeness (QED) is 0.740. The summed E-state index contributed by atoms with van der Waals surface area (Å²) in [6, 6.07) is 0. The van der Waals surface area contributed by atoms with E-state index < -0.39 is 37.7 Å². The third-order valence-corrected chi connectivity index (χ3v) is 3.08. The fourth-order valence-electron chi connectivity index (χ4n) is 1.85. The molecule has 0 spiro atoms. The molecular weight excluding hydrogens is 294 g/mol. The van der Waals surface area contributed by atoms with E-state index in [4.69, 9.17) is 10.2 Å². The molecule has 0 saturated carbocycles.